The van der Waals surface area contributed by atoms with E-state index in [4.69, 9.17) is 11.5 Å². The van der Waals surface area contributed by atoms with Crippen molar-refractivity contribution in [2.24, 2.45) is 17.4 Å². The first-order valence-corrected chi connectivity index (χ1v) is 3.87. The highest BCUT2D eigenvalue weighted by Crippen LogP contribution is 2.06. The predicted molar refractivity (Wildman–Crippen MR) is 45.6 cm³/mol. The van der Waals surface area contributed by atoms with Crippen molar-refractivity contribution in [3.63, 3.8) is 0 Å². The van der Waals surface area contributed by atoms with Crippen LogP contribution < -0.4 is 11.5 Å². The molecule has 0 aromatic carbocycles. The molecule has 2 heteroatoms. The van der Waals surface area contributed by atoms with Gasteiger partial charge >= 0.3 is 0 Å². The van der Waals surface area contributed by atoms with Crippen molar-refractivity contribution in [3.05, 3.63) is 12.7 Å². The van der Waals surface area contributed by atoms with Crippen molar-refractivity contribution in [1.29, 1.82) is 0 Å². The Morgan fingerprint density at radius 3 is 2.40 bits per heavy atom. The largest absolute Gasteiger partial charge is 0.330 e. The van der Waals surface area contributed by atoms with Gasteiger partial charge in [-0.25, -0.2) is 0 Å². The van der Waals surface area contributed by atoms with Crippen LogP contribution >= 0.6 is 0 Å². The Hall–Kier alpha value is -0.340. The van der Waals surface area contributed by atoms with E-state index in [1.807, 2.05) is 6.08 Å². The smallest absolute Gasteiger partial charge is 0.00143 e. The van der Waals surface area contributed by atoms with E-state index in [2.05, 4.69) is 6.58 Å². The molecule has 0 fully saturated rings. The molecule has 0 saturated heterocycles. The maximum atomic E-state index is 5.46. The van der Waals surface area contributed by atoms with Gasteiger partial charge in [-0.2, -0.15) is 0 Å². The minimum Gasteiger partial charge on any atom is -0.330 e. The van der Waals surface area contributed by atoms with Gasteiger partial charge in [0, 0.05) is 0 Å². The van der Waals surface area contributed by atoms with Gasteiger partial charge in [-0.1, -0.05) is 12.5 Å². The highest BCUT2D eigenvalue weighted by molar-refractivity contribution is 4.79. The van der Waals surface area contributed by atoms with Gasteiger partial charge in [-0.15, -0.1) is 6.58 Å². The van der Waals surface area contributed by atoms with Crippen LogP contribution in [0.4, 0.5) is 0 Å². The molecule has 0 saturated carbocycles. The van der Waals surface area contributed by atoms with Crippen molar-refractivity contribution >= 4 is 0 Å². The van der Waals surface area contributed by atoms with E-state index >= 15 is 0 Å². The van der Waals surface area contributed by atoms with Crippen molar-refractivity contribution in [1.82, 2.24) is 0 Å². The lowest BCUT2D eigenvalue weighted by Gasteiger charge is -2.07. The van der Waals surface area contributed by atoms with Crippen LogP contribution in [0.2, 0.25) is 0 Å². The molecule has 0 radical (unpaired) electrons. The molecule has 0 heterocycles. The van der Waals surface area contributed by atoms with Crippen LogP contribution in [0.3, 0.4) is 0 Å². The molecule has 0 spiro atoms. The van der Waals surface area contributed by atoms with Crippen LogP contribution in [0, 0.1) is 5.92 Å². The fourth-order valence-electron chi connectivity index (χ4n) is 0.883. The van der Waals surface area contributed by atoms with E-state index in [0.717, 1.165) is 19.4 Å². The van der Waals surface area contributed by atoms with Gasteiger partial charge in [0.1, 0.15) is 0 Å². The summed E-state index contributed by atoms with van der Waals surface area (Å²) in [5.74, 6) is 0.492. The van der Waals surface area contributed by atoms with E-state index < -0.39 is 0 Å². The molecule has 0 aliphatic rings. The molecular formula is C8H18N2. The minimum atomic E-state index is 0.492. The molecule has 4 N–H and O–H groups in total. The summed E-state index contributed by atoms with van der Waals surface area (Å²) in [5, 5.41) is 0. The maximum absolute atomic E-state index is 5.46. The van der Waals surface area contributed by atoms with Crippen LogP contribution in [0.1, 0.15) is 19.3 Å². The molecule has 60 valence electrons. The third-order valence-electron chi connectivity index (χ3n) is 1.67. The van der Waals surface area contributed by atoms with Crippen molar-refractivity contribution in [2.75, 3.05) is 13.1 Å². The van der Waals surface area contributed by atoms with Gasteiger partial charge in [-0.3, -0.25) is 0 Å². The molecule has 0 rings (SSSR count). The summed E-state index contributed by atoms with van der Waals surface area (Å²) >= 11 is 0. The summed E-state index contributed by atoms with van der Waals surface area (Å²) in [6.45, 7) is 5.20. The summed E-state index contributed by atoms with van der Waals surface area (Å²) in [5.41, 5.74) is 10.8. The average Bonchev–Trinajstić information content (AvgIpc) is 1.99. The second-order valence-corrected chi connectivity index (χ2v) is 2.52. The molecule has 0 aliphatic carbocycles. The topological polar surface area (TPSA) is 52.0 Å². The third-order valence-corrected chi connectivity index (χ3v) is 1.67. The number of hydrogen-bond acceptors (Lipinski definition) is 2. The molecule has 0 aromatic heterocycles. The maximum Gasteiger partial charge on any atom is -0.00143 e. The Labute approximate surface area is 63.3 Å². The molecule has 1 atom stereocenters. The Morgan fingerprint density at radius 2 is 2.00 bits per heavy atom. The van der Waals surface area contributed by atoms with Gasteiger partial charge in [0.25, 0.3) is 0 Å². The molecular weight excluding hydrogens is 124 g/mol. The van der Waals surface area contributed by atoms with Crippen LogP contribution in [0.15, 0.2) is 12.7 Å². The van der Waals surface area contributed by atoms with Gasteiger partial charge in [0.2, 0.25) is 0 Å². The summed E-state index contributed by atoms with van der Waals surface area (Å²) in [7, 11) is 0. The second kappa shape index (κ2) is 6.78. The van der Waals surface area contributed by atoms with Gasteiger partial charge < -0.3 is 11.5 Å². The van der Waals surface area contributed by atoms with Crippen molar-refractivity contribution in [2.45, 2.75) is 19.3 Å². The first-order valence-electron chi connectivity index (χ1n) is 3.87. The quantitative estimate of drug-likeness (QED) is 0.427. The fourth-order valence-corrected chi connectivity index (χ4v) is 0.883. The SMILES string of the molecule is C=CC(CN)CCCCN. The Morgan fingerprint density at radius 1 is 1.30 bits per heavy atom. The molecule has 10 heavy (non-hydrogen) atoms. The van der Waals surface area contributed by atoms with Crippen LogP contribution in [-0.2, 0) is 0 Å². The number of hydrogen-bond donors (Lipinski definition) is 2. The summed E-state index contributed by atoms with van der Waals surface area (Å²) in [4.78, 5) is 0. The monoisotopic (exact) mass is 142 g/mol. The Kier molecular flexibility index (Phi) is 6.55. The van der Waals surface area contributed by atoms with Crippen molar-refractivity contribution < 1.29 is 0 Å². The molecule has 2 nitrogen and oxygen atoms in total. The zero-order valence-electron chi connectivity index (χ0n) is 6.55. The Bertz CT molecular complexity index is 81.3. The number of nitrogens with two attached hydrogens (primary N) is 2. The van der Waals surface area contributed by atoms with E-state index in [1.165, 1.54) is 6.42 Å². The van der Waals surface area contributed by atoms with E-state index in [-0.39, 0.29) is 0 Å². The van der Waals surface area contributed by atoms with Crippen LogP contribution in [0.25, 0.3) is 0 Å². The molecule has 1 unspecified atom stereocenters. The number of unbranched alkanes of at least 4 members (excludes halogenated alkanes) is 1. The van der Waals surface area contributed by atoms with Gasteiger partial charge in [0.15, 0.2) is 0 Å². The van der Waals surface area contributed by atoms with Gasteiger partial charge in [0.05, 0.1) is 0 Å². The van der Waals surface area contributed by atoms with E-state index in [9.17, 15) is 0 Å². The lowest BCUT2D eigenvalue weighted by Crippen LogP contribution is -2.12. The third kappa shape index (κ3) is 4.53. The van der Waals surface area contributed by atoms with Crippen LogP contribution in [-0.4, -0.2) is 13.1 Å². The highest BCUT2D eigenvalue weighted by Gasteiger charge is 1.98. The first kappa shape index (κ1) is 9.66. The first-order chi connectivity index (χ1) is 4.85. The minimum absolute atomic E-state index is 0.492. The average molecular weight is 142 g/mol. The standard InChI is InChI=1S/C8H18N2/c1-2-8(7-10)5-3-4-6-9/h2,8H,1,3-7,9-10H2. The molecule has 0 amide bonds. The van der Waals surface area contributed by atoms with E-state index in [1.54, 1.807) is 0 Å². The zero-order chi connectivity index (χ0) is 7.82. The zero-order valence-corrected chi connectivity index (χ0v) is 6.55. The predicted octanol–water partition coefficient (Wildman–Crippen LogP) is 0.876. The van der Waals surface area contributed by atoms with Crippen molar-refractivity contribution in [3.8, 4) is 0 Å². The van der Waals surface area contributed by atoms with E-state index in [0.29, 0.717) is 12.5 Å². The second-order valence-electron chi connectivity index (χ2n) is 2.52. The lowest BCUT2D eigenvalue weighted by atomic mass is 10.0. The lowest BCUT2D eigenvalue weighted by molar-refractivity contribution is 0.556. The Balaban J connectivity index is 3.17. The normalized spacial score (nSPS) is 13.0. The number of rotatable bonds is 6. The molecule has 0 aromatic rings. The molecule has 0 aliphatic heterocycles. The fraction of sp³-hybridized carbons (Fsp3) is 0.750. The highest BCUT2D eigenvalue weighted by atomic mass is 14.5. The molecule has 0 bridgehead atoms. The summed E-state index contributed by atoms with van der Waals surface area (Å²) in [6, 6.07) is 0. The summed E-state index contributed by atoms with van der Waals surface area (Å²) in [6.07, 6.45) is 5.34. The summed E-state index contributed by atoms with van der Waals surface area (Å²) < 4.78 is 0. The van der Waals surface area contributed by atoms with Crippen LogP contribution in [0.5, 0.6) is 0 Å². The van der Waals surface area contributed by atoms with Gasteiger partial charge in [-0.05, 0) is 31.8 Å².